The third-order valence-electron chi connectivity index (χ3n) is 3.58. The largest absolute Gasteiger partial charge is 0.462 e. The Kier molecular flexibility index (Phi) is 6.00. The molecule has 0 radical (unpaired) electrons. The van der Waals surface area contributed by atoms with E-state index in [1.165, 1.54) is 13.8 Å². The van der Waals surface area contributed by atoms with Crippen molar-refractivity contribution >= 4 is 5.97 Å². The molecule has 1 heterocycles. The topological polar surface area (TPSA) is 122 Å². The number of hydrogen-bond acceptors (Lipinski definition) is 7. The van der Waals surface area contributed by atoms with Crippen molar-refractivity contribution in [3.05, 3.63) is 0 Å². The molecule has 1 aliphatic rings. The highest BCUT2D eigenvalue weighted by atomic mass is 19.2. The van der Waals surface area contributed by atoms with Crippen molar-refractivity contribution in [2.24, 2.45) is 11.7 Å². The first kappa shape index (κ1) is 18.2. The number of carbonyl (C=O) groups is 1. The molecule has 1 aliphatic heterocycles. The van der Waals surface area contributed by atoms with Crippen LogP contribution < -0.4 is 5.73 Å². The second-order valence-electron chi connectivity index (χ2n) is 5.03. The van der Waals surface area contributed by atoms with E-state index >= 15 is 0 Å². The van der Waals surface area contributed by atoms with Gasteiger partial charge >= 0.3 is 11.8 Å². The molecule has 0 aromatic carbocycles. The maximum absolute atomic E-state index is 14.6. The minimum atomic E-state index is -3.42. The van der Waals surface area contributed by atoms with Gasteiger partial charge in [-0.2, -0.15) is 4.39 Å². The fraction of sp³-hybridized carbons (Fsp3) is 0.917. The van der Waals surface area contributed by atoms with Crippen LogP contribution in [0.1, 0.15) is 13.8 Å². The van der Waals surface area contributed by atoms with Crippen LogP contribution in [-0.2, 0) is 14.3 Å². The zero-order chi connectivity index (χ0) is 16.4. The quantitative estimate of drug-likeness (QED) is 0.462. The van der Waals surface area contributed by atoms with Gasteiger partial charge in [-0.1, -0.05) is 6.92 Å². The van der Waals surface area contributed by atoms with Gasteiger partial charge in [0.2, 0.25) is 0 Å². The Hall–Kier alpha value is -0.870. The fourth-order valence-corrected chi connectivity index (χ4v) is 2.19. The predicted octanol–water partition coefficient (Wildman–Crippen LogP) is -1.37. The minimum absolute atomic E-state index is 0.187. The molecular formula is C12H21F2NO6. The van der Waals surface area contributed by atoms with Gasteiger partial charge < -0.3 is 30.5 Å². The van der Waals surface area contributed by atoms with Crippen LogP contribution >= 0.6 is 0 Å². The number of nitrogens with two attached hydrogens (primary N) is 1. The van der Waals surface area contributed by atoms with Crippen molar-refractivity contribution < 1.29 is 38.4 Å². The van der Waals surface area contributed by atoms with Crippen molar-refractivity contribution in [1.29, 1.82) is 0 Å². The van der Waals surface area contributed by atoms with Gasteiger partial charge in [0.25, 0.3) is 0 Å². The SMILES string of the molecule is CCOC(=O)C1(F)OC([C@H](O)[C@H](O)CO)C(N)C(C)C1F. The molecule has 0 aromatic heterocycles. The molecule has 1 saturated heterocycles. The molecule has 7 nitrogen and oxygen atoms in total. The molecule has 0 aromatic rings. The van der Waals surface area contributed by atoms with Crippen LogP contribution in [-0.4, -0.2) is 70.9 Å². The summed E-state index contributed by atoms with van der Waals surface area (Å²) < 4.78 is 37.8. The third kappa shape index (κ3) is 3.32. The summed E-state index contributed by atoms with van der Waals surface area (Å²) in [5.74, 6) is -6.17. The van der Waals surface area contributed by atoms with Crippen molar-refractivity contribution in [3.63, 3.8) is 0 Å². The van der Waals surface area contributed by atoms with Gasteiger partial charge in [-0.05, 0) is 6.92 Å². The lowest BCUT2D eigenvalue weighted by atomic mass is 9.83. The Bertz CT molecular complexity index is 370. The molecule has 0 spiro atoms. The highest BCUT2D eigenvalue weighted by Crippen LogP contribution is 2.38. The normalized spacial score (nSPS) is 39.6. The highest BCUT2D eigenvalue weighted by Gasteiger charge is 2.61. The lowest BCUT2D eigenvalue weighted by molar-refractivity contribution is -0.283. The first-order valence-corrected chi connectivity index (χ1v) is 6.61. The molecule has 0 saturated carbocycles. The van der Waals surface area contributed by atoms with Gasteiger partial charge in [0.05, 0.1) is 13.2 Å². The number of aliphatic hydroxyl groups excluding tert-OH is 3. The molecule has 9 heteroatoms. The van der Waals surface area contributed by atoms with Gasteiger partial charge in [0.1, 0.15) is 18.3 Å². The van der Waals surface area contributed by atoms with E-state index in [0.717, 1.165) is 0 Å². The Labute approximate surface area is 120 Å². The summed E-state index contributed by atoms with van der Waals surface area (Å²) in [6.45, 7) is 1.64. The molecule has 1 rings (SSSR count). The van der Waals surface area contributed by atoms with E-state index in [2.05, 4.69) is 4.74 Å². The van der Waals surface area contributed by atoms with E-state index in [-0.39, 0.29) is 6.61 Å². The standard InChI is InChI=1S/C12H21F2NO6/c1-3-20-11(19)12(14)10(13)5(2)7(15)9(21-12)8(18)6(17)4-16/h5-10,16-18H,3-4,15H2,1-2H3/t5?,6-,7?,8-,9?,10?,12?/m1/s1. The summed E-state index contributed by atoms with van der Waals surface area (Å²) in [7, 11) is 0. The molecule has 1 fully saturated rings. The van der Waals surface area contributed by atoms with E-state index in [4.69, 9.17) is 15.6 Å². The van der Waals surface area contributed by atoms with E-state index < -0.39 is 54.9 Å². The molecule has 7 atom stereocenters. The Morgan fingerprint density at radius 1 is 1.52 bits per heavy atom. The predicted molar refractivity (Wildman–Crippen MR) is 66.5 cm³/mol. The lowest BCUT2D eigenvalue weighted by Crippen LogP contribution is -2.67. The van der Waals surface area contributed by atoms with Gasteiger partial charge in [0.15, 0.2) is 6.17 Å². The van der Waals surface area contributed by atoms with E-state index in [1.807, 2.05) is 0 Å². The zero-order valence-corrected chi connectivity index (χ0v) is 11.8. The number of halogens is 2. The summed E-state index contributed by atoms with van der Waals surface area (Å²) >= 11 is 0. The van der Waals surface area contributed by atoms with E-state index in [0.29, 0.717) is 0 Å². The minimum Gasteiger partial charge on any atom is -0.462 e. The highest BCUT2D eigenvalue weighted by molar-refractivity contribution is 5.79. The molecule has 0 aliphatic carbocycles. The Morgan fingerprint density at radius 3 is 2.57 bits per heavy atom. The second kappa shape index (κ2) is 6.93. The maximum atomic E-state index is 14.6. The van der Waals surface area contributed by atoms with Crippen molar-refractivity contribution in [2.45, 2.75) is 50.2 Å². The van der Waals surface area contributed by atoms with Gasteiger partial charge in [-0.15, -0.1) is 0 Å². The number of ether oxygens (including phenoxy) is 2. The monoisotopic (exact) mass is 313 g/mol. The van der Waals surface area contributed by atoms with E-state index in [9.17, 15) is 23.8 Å². The number of esters is 1. The van der Waals surface area contributed by atoms with Crippen LogP contribution in [0.4, 0.5) is 8.78 Å². The van der Waals surface area contributed by atoms with Crippen molar-refractivity contribution in [1.82, 2.24) is 0 Å². The van der Waals surface area contributed by atoms with Crippen LogP contribution in [0.2, 0.25) is 0 Å². The molecule has 0 amide bonds. The van der Waals surface area contributed by atoms with Crippen LogP contribution in [0.5, 0.6) is 0 Å². The fourth-order valence-electron chi connectivity index (χ4n) is 2.19. The number of rotatable bonds is 5. The van der Waals surface area contributed by atoms with Gasteiger partial charge in [-0.25, -0.2) is 9.18 Å². The third-order valence-corrected chi connectivity index (χ3v) is 3.58. The lowest BCUT2D eigenvalue weighted by Gasteiger charge is -2.45. The number of carbonyl (C=O) groups excluding carboxylic acids is 1. The van der Waals surface area contributed by atoms with Crippen LogP contribution in [0.25, 0.3) is 0 Å². The summed E-state index contributed by atoms with van der Waals surface area (Å²) in [6, 6.07) is -1.19. The zero-order valence-electron chi connectivity index (χ0n) is 11.8. The molecule has 124 valence electrons. The van der Waals surface area contributed by atoms with E-state index in [1.54, 1.807) is 0 Å². The summed E-state index contributed by atoms with van der Waals surface area (Å²) in [6.07, 6.45) is -7.43. The smallest absolute Gasteiger partial charge is 0.375 e. The maximum Gasteiger partial charge on any atom is 0.375 e. The molecule has 21 heavy (non-hydrogen) atoms. The van der Waals surface area contributed by atoms with Crippen LogP contribution in [0.15, 0.2) is 0 Å². The second-order valence-corrected chi connectivity index (χ2v) is 5.03. The average molecular weight is 313 g/mol. The van der Waals surface area contributed by atoms with Gasteiger partial charge in [0, 0.05) is 12.0 Å². The Balaban J connectivity index is 3.05. The summed E-state index contributed by atoms with van der Waals surface area (Å²) in [5, 5.41) is 28.0. The molecular weight excluding hydrogens is 292 g/mol. The first-order valence-electron chi connectivity index (χ1n) is 6.61. The number of hydrogen-bond donors (Lipinski definition) is 4. The van der Waals surface area contributed by atoms with Gasteiger partial charge in [-0.3, -0.25) is 0 Å². The Morgan fingerprint density at radius 2 is 2.10 bits per heavy atom. The summed E-state index contributed by atoms with van der Waals surface area (Å²) in [5.41, 5.74) is 5.67. The molecule has 5 N–H and O–H groups in total. The number of aliphatic hydroxyl groups is 3. The molecule has 5 unspecified atom stereocenters. The van der Waals surface area contributed by atoms with Crippen molar-refractivity contribution in [3.8, 4) is 0 Å². The molecule has 0 bridgehead atoms. The van der Waals surface area contributed by atoms with Crippen LogP contribution in [0, 0.1) is 5.92 Å². The van der Waals surface area contributed by atoms with Crippen molar-refractivity contribution in [2.75, 3.05) is 13.2 Å². The average Bonchev–Trinajstić information content (AvgIpc) is 2.47. The first-order chi connectivity index (χ1) is 9.70. The number of alkyl halides is 2. The summed E-state index contributed by atoms with van der Waals surface area (Å²) in [4.78, 5) is 11.6. The van der Waals surface area contributed by atoms with Crippen LogP contribution in [0.3, 0.4) is 0 Å².